The van der Waals surface area contributed by atoms with Gasteiger partial charge in [0.2, 0.25) is 5.95 Å². The average Bonchev–Trinajstić information content (AvgIpc) is 3.50. The van der Waals surface area contributed by atoms with Gasteiger partial charge in [-0.05, 0) is 78.5 Å². The molecule has 34 heavy (non-hydrogen) atoms. The molecule has 0 bridgehead atoms. The van der Waals surface area contributed by atoms with Gasteiger partial charge in [0.25, 0.3) is 11.1 Å². The smallest absolute Gasteiger partial charge is 0.290 e. The molecule has 8 nitrogen and oxygen atoms in total. The quantitative estimate of drug-likeness (QED) is 0.448. The topological polar surface area (TPSA) is 103 Å². The van der Waals surface area contributed by atoms with Crippen molar-refractivity contribution in [2.24, 2.45) is 5.92 Å². The maximum Gasteiger partial charge on any atom is 0.290 e. The first-order chi connectivity index (χ1) is 16.6. The summed E-state index contributed by atoms with van der Waals surface area (Å²) in [6.07, 6.45) is 7.41. The molecule has 2 fully saturated rings. The molecule has 2 saturated heterocycles. The zero-order valence-electron chi connectivity index (χ0n) is 18.7. The van der Waals surface area contributed by atoms with Crippen LogP contribution in [-0.2, 0) is 11.3 Å². The van der Waals surface area contributed by atoms with Gasteiger partial charge in [-0.3, -0.25) is 14.9 Å². The van der Waals surface area contributed by atoms with E-state index in [9.17, 15) is 9.59 Å². The Kier molecular flexibility index (Phi) is 6.73. The number of aromatic amines is 1. The van der Waals surface area contributed by atoms with Gasteiger partial charge < -0.3 is 15.2 Å². The number of aromatic nitrogens is 3. The Balaban J connectivity index is 1.11. The highest BCUT2D eigenvalue weighted by atomic mass is 32.2. The van der Waals surface area contributed by atoms with Crippen LogP contribution in [0.3, 0.4) is 0 Å². The molecule has 2 aromatic heterocycles. The second kappa shape index (κ2) is 10.2. The lowest BCUT2D eigenvalue weighted by Gasteiger charge is -2.32. The van der Waals surface area contributed by atoms with Crippen molar-refractivity contribution in [1.29, 1.82) is 0 Å². The fraction of sp³-hybridized carbons (Fsp3) is 0.280. The number of amides is 2. The molecule has 0 saturated carbocycles. The minimum Gasteiger partial charge on any atom is -0.361 e. The third-order valence-corrected chi connectivity index (χ3v) is 6.89. The van der Waals surface area contributed by atoms with E-state index in [-0.39, 0.29) is 11.1 Å². The number of H-pyrrole nitrogens is 1. The van der Waals surface area contributed by atoms with Crippen LogP contribution in [0.15, 0.2) is 59.8 Å². The third-order valence-electron chi connectivity index (χ3n) is 6.08. The zero-order chi connectivity index (χ0) is 23.3. The highest BCUT2D eigenvalue weighted by Gasteiger charge is 2.25. The van der Waals surface area contributed by atoms with Crippen LogP contribution in [0.2, 0.25) is 0 Å². The Labute approximate surface area is 202 Å². The van der Waals surface area contributed by atoms with Gasteiger partial charge in [-0.15, -0.1) is 0 Å². The molecular weight excluding hydrogens is 448 g/mol. The minimum atomic E-state index is -0.375. The summed E-state index contributed by atoms with van der Waals surface area (Å²) in [7, 11) is 0. The van der Waals surface area contributed by atoms with Crippen LogP contribution in [0.25, 0.3) is 17.3 Å². The third kappa shape index (κ3) is 5.37. The van der Waals surface area contributed by atoms with Crippen LogP contribution < -0.4 is 15.5 Å². The first-order valence-corrected chi connectivity index (χ1v) is 12.2. The maximum atomic E-state index is 11.8. The van der Waals surface area contributed by atoms with E-state index >= 15 is 0 Å². The van der Waals surface area contributed by atoms with Crippen molar-refractivity contribution in [2.75, 3.05) is 24.5 Å². The summed E-state index contributed by atoms with van der Waals surface area (Å²) in [6.45, 7) is 3.61. The average molecular weight is 475 g/mol. The summed E-state index contributed by atoms with van der Waals surface area (Å²) in [5.74, 6) is 0.897. The highest BCUT2D eigenvalue weighted by Crippen LogP contribution is 2.26. The van der Waals surface area contributed by atoms with Gasteiger partial charge in [-0.2, -0.15) is 0 Å². The Morgan fingerprint density at radius 1 is 1.15 bits per heavy atom. The molecule has 2 aliphatic rings. The van der Waals surface area contributed by atoms with Crippen molar-refractivity contribution in [3.63, 3.8) is 0 Å². The van der Waals surface area contributed by atoms with Crippen molar-refractivity contribution in [2.45, 2.75) is 19.4 Å². The molecule has 9 heteroatoms. The fourth-order valence-electron chi connectivity index (χ4n) is 4.27. The minimum absolute atomic E-state index is 0.352. The van der Waals surface area contributed by atoms with E-state index in [0.717, 1.165) is 56.5 Å². The molecule has 174 valence electrons. The maximum absolute atomic E-state index is 11.8. The Morgan fingerprint density at radius 2 is 2.03 bits per heavy atom. The number of imide groups is 1. The second-order valence-electron chi connectivity index (χ2n) is 8.48. The summed E-state index contributed by atoms with van der Waals surface area (Å²) in [4.78, 5) is 38.0. The van der Waals surface area contributed by atoms with Crippen molar-refractivity contribution in [1.82, 2.24) is 25.6 Å². The molecule has 0 radical (unpaired) electrons. The molecule has 0 spiro atoms. The van der Waals surface area contributed by atoms with E-state index in [4.69, 9.17) is 0 Å². The van der Waals surface area contributed by atoms with Crippen LogP contribution in [0, 0.1) is 5.92 Å². The van der Waals surface area contributed by atoms with Crippen molar-refractivity contribution in [3.05, 3.63) is 71.0 Å². The summed E-state index contributed by atoms with van der Waals surface area (Å²) >= 11 is 0.895. The molecular formula is C25H26N6O2S. The van der Waals surface area contributed by atoms with E-state index in [1.807, 2.05) is 12.3 Å². The fourth-order valence-corrected chi connectivity index (χ4v) is 4.93. The van der Waals surface area contributed by atoms with E-state index in [0.29, 0.717) is 22.5 Å². The first-order valence-electron chi connectivity index (χ1n) is 11.4. The van der Waals surface area contributed by atoms with Gasteiger partial charge in [-0.1, -0.05) is 18.2 Å². The molecule has 4 heterocycles. The molecule has 0 aliphatic carbocycles. The lowest BCUT2D eigenvalue weighted by atomic mass is 9.97. The number of nitrogens with one attached hydrogen (secondary N) is 3. The molecule has 5 rings (SSSR count). The van der Waals surface area contributed by atoms with Gasteiger partial charge in [0.05, 0.1) is 10.6 Å². The molecule has 3 N–H and O–H groups in total. The van der Waals surface area contributed by atoms with Crippen LogP contribution >= 0.6 is 11.8 Å². The molecule has 3 aromatic rings. The van der Waals surface area contributed by atoms with Gasteiger partial charge in [0, 0.05) is 37.7 Å². The van der Waals surface area contributed by atoms with Gasteiger partial charge >= 0.3 is 0 Å². The van der Waals surface area contributed by atoms with E-state index < -0.39 is 0 Å². The van der Waals surface area contributed by atoms with Crippen molar-refractivity contribution < 1.29 is 9.59 Å². The normalized spacial score (nSPS) is 18.0. The second-order valence-corrected chi connectivity index (χ2v) is 9.49. The number of hydrogen-bond donors (Lipinski definition) is 3. The summed E-state index contributed by atoms with van der Waals surface area (Å²) in [6, 6.07) is 14.5. The number of carbonyl (C=O) groups excluding carboxylic acids is 2. The number of hydrogen-bond acceptors (Lipinski definition) is 7. The predicted octanol–water partition coefficient (Wildman–Crippen LogP) is 3.80. The number of carbonyl (C=O) groups is 2. The van der Waals surface area contributed by atoms with E-state index in [1.165, 1.54) is 11.1 Å². The molecule has 0 unspecified atom stereocenters. The lowest BCUT2D eigenvalue weighted by molar-refractivity contribution is -0.115. The number of thioether (sulfide) groups is 1. The number of nitrogens with zero attached hydrogens (tertiary/aromatic N) is 3. The lowest BCUT2D eigenvalue weighted by Crippen LogP contribution is -2.38. The standard InChI is InChI=1S/C25H26N6O2S/c32-23-22(34-25(33)30-23)14-20-6-10-28-24(29-20)31-11-7-17(8-12-31)15-26-16-18-3-1-4-19(13-18)21-5-2-9-27-21/h1-6,9-10,13-14,17,26-27H,7-8,11-12,15-16H2,(H,30,32,33)/b22-14-. The molecule has 1 aromatic carbocycles. The Bertz CT molecular complexity index is 1200. The number of benzene rings is 1. The molecule has 0 atom stereocenters. The molecule has 2 amide bonds. The molecule has 2 aliphatic heterocycles. The van der Waals surface area contributed by atoms with Crippen LogP contribution in [0.1, 0.15) is 24.1 Å². The van der Waals surface area contributed by atoms with Crippen LogP contribution in [0.4, 0.5) is 10.7 Å². The van der Waals surface area contributed by atoms with Gasteiger partial charge in [0.1, 0.15) is 0 Å². The summed E-state index contributed by atoms with van der Waals surface area (Å²) in [5.41, 5.74) is 4.24. The van der Waals surface area contributed by atoms with Crippen LogP contribution in [-0.4, -0.2) is 45.7 Å². The van der Waals surface area contributed by atoms with Gasteiger partial charge in [-0.25, -0.2) is 9.97 Å². The van der Waals surface area contributed by atoms with Crippen LogP contribution in [0.5, 0.6) is 0 Å². The monoisotopic (exact) mass is 474 g/mol. The number of rotatable bonds is 7. The Hall–Kier alpha value is -3.43. The highest BCUT2D eigenvalue weighted by molar-refractivity contribution is 8.18. The Morgan fingerprint density at radius 3 is 2.79 bits per heavy atom. The van der Waals surface area contributed by atoms with Crippen molar-refractivity contribution in [3.8, 4) is 11.3 Å². The zero-order valence-corrected chi connectivity index (χ0v) is 19.5. The van der Waals surface area contributed by atoms with E-state index in [2.05, 4.69) is 60.8 Å². The summed E-state index contributed by atoms with van der Waals surface area (Å²) < 4.78 is 0. The van der Waals surface area contributed by atoms with Gasteiger partial charge in [0.15, 0.2) is 0 Å². The predicted molar refractivity (Wildman–Crippen MR) is 134 cm³/mol. The largest absolute Gasteiger partial charge is 0.361 e. The van der Waals surface area contributed by atoms with Crippen molar-refractivity contribution >= 4 is 34.9 Å². The number of piperidine rings is 1. The SMILES string of the molecule is O=C1NC(=O)/C(=C/c2ccnc(N3CCC(CNCc4cccc(-c5ccc[nH]5)c4)CC3)n2)S1. The van der Waals surface area contributed by atoms with E-state index in [1.54, 1.807) is 18.3 Å². The summed E-state index contributed by atoms with van der Waals surface area (Å²) in [5, 5.41) is 5.53. The number of anilines is 1. The first kappa shape index (κ1) is 22.4.